The summed E-state index contributed by atoms with van der Waals surface area (Å²) >= 11 is 0. The van der Waals surface area contributed by atoms with Crippen molar-refractivity contribution in [2.75, 3.05) is 37.8 Å². The molecule has 0 aliphatic carbocycles. The van der Waals surface area contributed by atoms with E-state index in [2.05, 4.69) is 43.0 Å². The standard InChI is InChI=1S/C14H23N3.ClH/c1-11(16(2)3)12-8-9-17(10-12)14-6-4-13(15)5-7-14;/h4-7,11-12H,8-10,15H2,1-3H3;1H. The van der Waals surface area contributed by atoms with Gasteiger partial charge in [0.05, 0.1) is 0 Å². The first-order chi connectivity index (χ1) is 8.08. The molecule has 1 aliphatic rings. The van der Waals surface area contributed by atoms with Crippen molar-refractivity contribution in [3.8, 4) is 0 Å². The van der Waals surface area contributed by atoms with Crippen molar-refractivity contribution < 1.29 is 0 Å². The van der Waals surface area contributed by atoms with Crippen LogP contribution in [-0.2, 0) is 0 Å². The lowest BCUT2D eigenvalue weighted by Gasteiger charge is -2.26. The van der Waals surface area contributed by atoms with Crippen LogP contribution in [0.25, 0.3) is 0 Å². The van der Waals surface area contributed by atoms with Gasteiger partial charge < -0.3 is 15.5 Å². The van der Waals surface area contributed by atoms with Crippen molar-refractivity contribution >= 4 is 23.8 Å². The Balaban J connectivity index is 0.00000162. The van der Waals surface area contributed by atoms with Gasteiger partial charge in [-0.15, -0.1) is 12.4 Å². The average Bonchev–Trinajstić information content (AvgIpc) is 2.78. The van der Waals surface area contributed by atoms with Gasteiger partial charge in [-0.2, -0.15) is 0 Å². The number of benzene rings is 1. The fourth-order valence-electron chi connectivity index (χ4n) is 2.52. The van der Waals surface area contributed by atoms with Crippen LogP contribution in [-0.4, -0.2) is 38.1 Å². The summed E-state index contributed by atoms with van der Waals surface area (Å²) in [6.07, 6.45) is 1.28. The molecule has 1 fully saturated rings. The summed E-state index contributed by atoms with van der Waals surface area (Å²) in [5, 5.41) is 0. The number of hydrogen-bond donors (Lipinski definition) is 1. The zero-order valence-corrected chi connectivity index (χ0v) is 12.3. The molecule has 102 valence electrons. The van der Waals surface area contributed by atoms with Crippen LogP contribution in [0.4, 0.5) is 11.4 Å². The van der Waals surface area contributed by atoms with Gasteiger partial charge in [0.25, 0.3) is 0 Å². The van der Waals surface area contributed by atoms with Crippen LogP contribution in [0.15, 0.2) is 24.3 Å². The second kappa shape index (κ2) is 6.30. The van der Waals surface area contributed by atoms with E-state index in [1.165, 1.54) is 12.1 Å². The third-order valence-corrected chi connectivity index (χ3v) is 3.98. The van der Waals surface area contributed by atoms with E-state index in [-0.39, 0.29) is 12.4 Å². The molecule has 2 N–H and O–H groups in total. The summed E-state index contributed by atoms with van der Waals surface area (Å²) in [5.74, 6) is 0.766. The molecule has 1 aliphatic heterocycles. The van der Waals surface area contributed by atoms with Gasteiger partial charge in [-0.3, -0.25) is 0 Å². The van der Waals surface area contributed by atoms with Crippen LogP contribution in [0.5, 0.6) is 0 Å². The zero-order chi connectivity index (χ0) is 12.4. The highest BCUT2D eigenvalue weighted by Gasteiger charge is 2.27. The van der Waals surface area contributed by atoms with Gasteiger partial charge in [0, 0.05) is 30.5 Å². The Morgan fingerprint density at radius 1 is 1.28 bits per heavy atom. The number of halogens is 1. The van der Waals surface area contributed by atoms with Gasteiger partial charge >= 0.3 is 0 Å². The predicted octanol–water partition coefficient (Wildman–Crippen LogP) is 2.47. The van der Waals surface area contributed by atoms with Gasteiger partial charge in [0.2, 0.25) is 0 Å². The normalized spacial score (nSPS) is 20.9. The molecule has 0 aromatic heterocycles. The fraction of sp³-hybridized carbons (Fsp3) is 0.571. The molecule has 4 heteroatoms. The first-order valence-electron chi connectivity index (χ1n) is 6.35. The largest absolute Gasteiger partial charge is 0.399 e. The smallest absolute Gasteiger partial charge is 0.0367 e. The second-order valence-corrected chi connectivity index (χ2v) is 5.29. The Labute approximate surface area is 116 Å². The maximum Gasteiger partial charge on any atom is 0.0367 e. The topological polar surface area (TPSA) is 32.5 Å². The van der Waals surface area contributed by atoms with Gasteiger partial charge in [-0.05, 0) is 57.6 Å². The summed E-state index contributed by atoms with van der Waals surface area (Å²) in [6, 6.07) is 8.86. The molecular formula is C14H24ClN3. The van der Waals surface area contributed by atoms with E-state index < -0.39 is 0 Å². The van der Waals surface area contributed by atoms with E-state index in [1.807, 2.05) is 12.1 Å². The van der Waals surface area contributed by atoms with Gasteiger partial charge in [-0.1, -0.05) is 0 Å². The van der Waals surface area contributed by atoms with Crippen molar-refractivity contribution in [1.82, 2.24) is 4.90 Å². The Morgan fingerprint density at radius 2 is 1.89 bits per heavy atom. The van der Waals surface area contributed by atoms with Gasteiger partial charge in [-0.25, -0.2) is 0 Å². The molecule has 0 bridgehead atoms. The molecule has 2 rings (SSSR count). The van der Waals surface area contributed by atoms with Crippen LogP contribution in [0.1, 0.15) is 13.3 Å². The molecule has 2 unspecified atom stereocenters. The molecule has 3 nitrogen and oxygen atoms in total. The molecule has 0 saturated carbocycles. The van der Waals surface area contributed by atoms with E-state index in [0.717, 1.165) is 24.7 Å². The first-order valence-corrected chi connectivity index (χ1v) is 6.35. The average molecular weight is 270 g/mol. The number of nitrogen functional groups attached to an aromatic ring is 1. The molecular weight excluding hydrogens is 246 g/mol. The molecule has 0 radical (unpaired) electrons. The van der Waals surface area contributed by atoms with Crippen LogP contribution >= 0.6 is 12.4 Å². The Kier molecular flexibility index (Phi) is 5.29. The second-order valence-electron chi connectivity index (χ2n) is 5.29. The quantitative estimate of drug-likeness (QED) is 0.856. The SMILES string of the molecule is CC(C1CCN(c2ccc(N)cc2)C1)N(C)C.Cl. The van der Waals surface area contributed by atoms with Crippen LogP contribution in [0, 0.1) is 5.92 Å². The number of nitrogens with two attached hydrogens (primary N) is 1. The molecule has 1 heterocycles. The lowest BCUT2D eigenvalue weighted by Crippen LogP contribution is -2.34. The van der Waals surface area contributed by atoms with E-state index in [4.69, 9.17) is 5.73 Å². The molecule has 1 saturated heterocycles. The summed E-state index contributed by atoms with van der Waals surface area (Å²) in [7, 11) is 4.33. The van der Waals surface area contributed by atoms with Crippen molar-refractivity contribution in [2.24, 2.45) is 5.92 Å². The minimum Gasteiger partial charge on any atom is -0.399 e. The lowest BCUT2D eigenvalue weighted by atomic mass is 10.00. The Morgan fingerprint density at radius 3 is 2.44 bits per heavy atom. The Bertz CT molecular complexity index is 364. The lowest BCUT2D eigenvalue weighted by molar-refractivity contribution is 0.240. The monoisotopic (exact) mass is 269 g/mol. The third-order valence-electron chi connectivity index (χ3n) is 3.98. The summed E-state index contributed by atoms with van der Waals surface area (Å²) in [4.78, 5) is 4.78. The van der Waals surface area contributed by atoms with Crippen LogP contribution < -0.4 is 10.6 Å². The fourth-order valence-corrected chi connectivity index (χ4v) is 2.52. The third kappa shape index (κ3) is 3.30. The van der Waals surface area contributed by atoms with Crippen LogP contribution in [0.2, 0.25) is 0 Å². The Hall–Kier alpha value is -0.930. The minimum absolute atomic E-state index is 0. The predicted molar refractivity (Wildman–Crippen MR) is 81.6 cm³/mol. The maximum absolute atomic E-state index is 5.72. The van der Waals surface area contributed by atoms with Crippen molar-refractivity contribution in [2.45, 2.75) is 19.4 Å². The van der Waals surface area contributed by atoms with Crippen molar-refractivity contribution in [1.29, 1.82) is 0 Å². The number of rotatable bonds is 3. The molecule has 1 aromatic rings. The molecule has 1 aromatic carbocycles. The first kappa shape index (κ1) is 15.1. The van der Waals surface area contributed by atoms with E-state index >= 15 is 0 Å². The van der Waals surface area contributed by atoms with Gasteiger partial charge in [0.15, 0.2) is 0 Å². The summed E-state index contributed by atoms with van der Waals surface area (Å²) < 4.78 is 0. The highest BCUT2D eigenvalue weighted by Crippen LogP contribution is 2.27. The molecule has 18 heavy (non-hydrogen) atoms. The number of nitrogens with zero attached hydrogens (tertiary/aromatic N) is 2. The minimum atomic E-state index is 0. The van der Waals surface area contributed by atoms with Crippen LogP contribution in [0.3, 0.4) is 0 Å². The molecule has 0 amide bonds. The number of hydrogen-bond acceptors (Lipinski definition) is 3. The van der Waals surface area contributed by atoms with Gasteiger partial charge in [0.1, 0.15) is 0 Å². The van der Waals surface area contributed by atoms with E-state index in [9.17, 15) is 0 Å². The maximum atomic E-state index is 5.72. The highest BCUT2D eigenvalue weighted by molar-refractivity contribution is 5.85. The summed E-state index contributed by atoms with van der Waals surface area (Å²) in [5.41, 5.74) is 7.85. The zero-order valence-electron chi connectivity index (χ0n) is 11.5. The van der Waals surface area contributed by atoms with E-state index in [0.29, 0.717) is 6.04 Å². The molecule has 2 atom stereocenters. The molecule has 0 spiro atoms. The van der Waals surface area contributed by atoms with Crippen molar-refractivity contribution in [3.63, 3.8) is 0 Å². The summed E-state index contributed by atoms with van der Waals surface area (Å²) in [6.45, 7) is 4.63. The number of anilines is 2. The van der Waals surface area contributed by atoms with E-state index in [1.54, 1.807) is 0 Å². The highest BCUT2D eigenvalue weighted by atomic mass is 35.5. The van der Waals surface area contributed by atoms with Crippen molar-refractivity contribution in [3.05, 3.63) is 24.3 Å².